The van der Waals surface area contributed by atoms with Crippen LogP contribution in [-0.2, 0) is 31.8 Å². The van der Waals surface area contributed by atoms with E-state index in [-0.39, 0.29) is 41.1 Å². The van der Waals surface area contributed by atoms with Gasteiger partial charge in [0.2, 0.25) is 5.91 Å². The molecule has 2 saturated carbocycles. The van der Waals surface area contributed by atoms with Crippen LogP contribution in [0.5, 0.6) is 5.75 Å². The van der Waals surface area contributed by atoms with Gasteiger partial charge in [-0.25, -0.2) is 0 Å². The smallest absolute Gasteiger partial charge is 0.481 e. The lowest BCUT2D eigenvalue weighted by Crippen LogP contribution is -2.55. The van der Waals surface area contributed by atoms with Crippen LogP contribution in [0.3, 0.4) is 0 Å². The molecule has 244 valence electrons. The van der Waals surface area contributed by atoms with Crippen molar-refractivity contribution in [3.63, 3.8) is 0 Å². The summed E-state index contributed by atoms with van der Waals surface area (Å²) in [5.74, 6) is 0.254. The van der Waals surface area contributed by atoms with Gasteiger partial charge in [-0.1, -0.05) is 69.5 Å². The molecule has 0 spiro atoms. The minimum Gasteiger partial charge on any atom is -0.508 e. The van der Waals surface area contributed by atoms with E-state index in [4.69, 9.17) is 14.0 Å². The number of phenolic OH excluding ortho intramolecular Hbond substituents is 1. The van der Waals surface area contributed by atoms with Crippen LogP contribution in [0.2, 0.25) is 0 Å². The second-order valence-corrected chi connectivity index (χ2v) is 14.4. The first kappa shape index (κ1) is 31.4. The molecule has 3 unspecified atom stereocenters. The van der Waals surface area contributed by atoms with Gasteiger partial charge in [0.15, 0.2) is 0 Å². The second kappa shape index (κ2) is 13.1. The molecule has 2 amide bonds. The highest BCUT2D eigenvalue weighted by molar-refractivity contribution is 6.47. The third-order valence-corrected chi connectivity index (χ3v) is 11.0. The number of allylic oxidation sites excluding steroid dienone is 1. The van der Waals surface area contributed by atoms with Gasteiger partial charge in [0.1, 0.15) is 11.8 Å². The fourth-order valence-corrected chi connectivity index (χ4v) is 7.75. The van der Waals surface area contributed by atoms with Crippen molar-refractivity contribution < 1.29 is 28.7 Å². The summed E-state index contributed by atoms with van der Waals surface area (Å²) in [6.45, 7) is 7.91. The molecular formula is C36H46BN3O6. The van der Waals surface area contributed by atoms with Crippen LogP contribution in [0, 0.1) is 17.3 Å². The molecule has 2 saturated heterocycles. The van der Waals surface area contributed by atoms with Crippen molar-refractivity contribution in [2.24, 2.45) is 17.3 Å². The zero-order valence-electron chi connectivity index (χ0n) is 27.0. The Hall–Kier alpha value is -3.18. The zero-order chi connectivity index (χ0) is 31.8. The average Bonchev–Trinajstić information content (AvgIpc) is 3.48. The Morgan fingerprint density at radius 1 is 1.07 bits per heavy atom. The molecule has 0 radical (unpaired) electrons. The van der Waals surface area contributed by atoms with Gasteiger partial charge in [-0.05, 0) is 59.4 Å². The maximum absolute atomic E-state index is 14.1. The number of nitrogens with one attached hydrogen (secondary N) is 2. The number of hydrogen-bond donors (Lipinski definition) is 3. The number of carbonyl (C=O) groups excluding carboxylic acids is 2. The quantitative estimate of drug-likeness (QED) is 0.255. The van der Waals surface area contributed by atoms with Gasteiger partial charge < -0.3 is 29.8 Å². The number of amides is 2. The zero-order valence-corrected chi connectivity index (χ0v) is 27.0. The maximum atomic E-state index is 14.1. The van der Waals surface area contributed by atoms with E-state index >= 15 is 0 Å². The molecule has 2 aliphatic heterocycles. The molecule has 4 aliphatic carbocycles. The van der Waals surface area contributed by atoms with Crippen LogP contribution in [0.1, 0.15) is 67.4 Å². The van der Waals surface area contributed by atoms with E-state index in [1.54, 1.807) is 18.2 Å². The lowest BCUT2D eigenvalue weighted by molar-refractivity contribution is -0.123. The number of phenols is 1. The number of benzene rings is 2. The second-order valence-electron chi connectivity index (χ2n) is 14.4. The van der Waals surface area contributed by atoms with E-state index < -0.39 is 13.2 Å². The normalized spacial score (nSPS) is 26.6. The van der Waals surface area contributed by atoms with E-state index in [2.05, 4.69) is 35.5 Å². The molecule has 2 aromatic carbocycles. The number of ether oxygens (including phenoxy) is 1. The molecule has 10 heteroatoms. The standard InChI is InChI=1S/C36H46BN3O6/c1-36(2)27-20-28(36)33-31(21-27)45-37(46-33)32(18-24-9-6-10-24)39-35(43)29(17-23-7-4-3-5-8-23)38-34(42)25-11-12-30(41)26(19-25)22-40-13-15-44-16-14-40/h3-5,7-8,11-12,19-20,24,27,29,31-33,41H,6,9-10,13-18,21-22H2,1-2H3,(H,38,42)(H,39,43)/t27-,29-,31?,32?,33?/m0/s1. The number of aromatic hydroxyl groups is 1. The third-order valence-electron chi connectivity index (χ3n) is 11.0. The summed E-state index contributed by atoms with van der Waals surface area (Å²) < 4.78 is 18.6. The van der Waals surface area contributed by atoms with Gasteiger partial charge in [0.05, 0.1) is 31.4 Å². The van der Waals surface area contributed by atoms with Gasteiger partial charge in [-0.15, -0.1) is 0 Å². The van der Waals surface area contributed by atoms with E-state index in [0.29, 0.717) is 49.1 Å². The number of nitrogens with zero attached hydrogens (tertiary/aromatic N) is 1. The Kier molecular flexibility index (Phi) is 8.98. The van der Waals surface area contributed by atoms with Gasteiger partial charge >= 0.3 is 7.12 Å². The van der Waals surface area contributed by atoms with Crippen molar-refractivity contribution in [2.75, 3.05) is 26.3 Å². The summed E-state index contributed by atoms with van der Waals surface area (Å²) in [5.41, 5.74) is 3.48. The maximum Gasteiger partial charge on any atom is 0.481 e. The molecule has 3 N–H and O–H groups in total. The Bertz CT molecular complexity index is 1460. The van der Waals surface area contributed by atoms with Crippen molar-refractivity contribution in [3.05, 3.63) is 76.9 Å². The highest BCUT2D eigenvalue weighted by Gasteiger charge is 2.58. The van der Waals surface area contributed by atoms with Gasteiger partial charge in [0.25, 0.3) is 5.91 Å². The summed E-state index contributed by atoms with van der Waals surface area (Å²) in [5, 5.41) is 16.9. The first-order valence-corrected chi connectivity index (χ1v) is 17.0. The largest absolute Gasteiger partial charge is 0.508 e. The number of rotatable bonds is 11. The summed E-state index contributed by atoms with van der Waals surface area (Å²) >= 11 is 0. The predicted molar refractivity (Wildman–Crippen MR) is 175 cm³/mol. The summed E-state index contributed by atoms with van der Waals surface area (Å²) in [7, 11) is -0.525. The molecule has 8 rings (SSSR count). The van der Waals surface area contributed by atoms with Crippen molar-refractivity contribution in [3.8, 4) is 5.75 Å². The molecular weight excluding hydrogens is 581 g/mol. The van der Waals surface area contributed by atoms with Crippen LogP contribution in [0.25, 0.3) is 0 Å². The van der Waals surface area contributed by atoms with Gasteiger partial charge in [-0.3, -0.25) is 14.5 Å². The van der Waals surface area contributed by atoms with Gasteiger partial charge in [0, 0.05) is 37.2 Å². The summed E-state index contributed by atoms with van der Waals surface area (Å²) in [6.07, 6.45) is 7.86. The number of carbonyl (C=O) groups is 2. The van der Waals surface area contributed by atoms with E-state index in [1.807, 2.05) is 30.3 Å². The minimum atomic E-state index is -0.812. The molecule has 4 fully saturated rings. The minimum absolute atomic E-state index is 0.0183. The molecule has 46 heavy (non-hydrogen) atoms. The molecule has 2 heterocycles. The topological polar surface area (TPSA) is 109 Å². The van der Waals surface area contributed by atoms with E-state index in [1.165, 1.54) is 12.0 Å². The monoisotopic (exact) mass is 627 g/mol. The highest BCUT2D eigenvalue weighted by Crippen LogP contribution is 2.57. The van der Waals surface area contributed by atoms with E-state index in [0.717, 1.165) is 44.3 Å². The molecule has 2 aromatic rings. The predicted octanol–water partition coefficient (Wildman–Crippen LogP) is 4.04. The third kappa shape index (κ3) is 6.50. The number of hydrogen-bond acceptors (Lipinski definition) is 7. The lowest BCUT2D eigenvalue weighted by Gasteiger charge is -2.52. The van der Waals surface area contributed by atoms with Crippen molar-refractivity contribution in [1.82, 2.24) is 15.5 Å². The van der Waals surface area contributed by atoms with Crippen molar-refractivity contribution in [1.29, 1.82) is 0 Å². The Labute approximate surface area is 272 Å². The van der Waals surface area contributed by atoms with Crippen molar-refractivity contribution >= 4 is 18.9 Å². The van der Waals surface area contributed by atoms with Crippen LogP contribution >= 0.6 is 0 Å². The molecule has 2 bridgehead atoms. The van der Waals surface area contributed by atoms with Crippen LogP contribution in [0.15, 0.2) is 60.2 Å². The molecule has 6 aliphatic rings. The molecule has 9 nitrogen and oxygen atoms in total. The Balaban J connectivity index is 1.08. The fraction of sp³-hybridized carbons (Fsp3) is 0.556. The Morgan fingerprint density at radius 3 is 2.57 bits per heavy atom. The first-order valence-electron chi connectivity index (χ1n) is 17.0. The van der Waals surface area contributed by atoms with Crippen LogP contribution < -0.4 is 10.6 Å². The molecule has 0 aromatic heterocycles. The van der Waals surface area contributed by atoms with Crippen LogP contribution in [-0.4, -0.2) is 79.4 Å². The number of morpholine rings is 1. The van der Waals surface area contributed by atoms with Crippen molar-refractivity contribution in [2.45, 2.75) is 83.1 Å². The Morgan fingerprint density at radius 2 is 1.85 bits per heavy atom. The lowest BCUT2D eigenvalue weighted by atomic mass is 9.55. The molecule has 5 atom stereocenters. The SMILES string of the molecule is CC1(C)C2=C[C@H]1CC1OB(C(CC3CCC3)NC(=O)[C@H](Cc3ccccc3)NC(=O)c3ccc(O)c(CN4CCOCC4)c3)OC21. The summed E-state index contributed by atoms with van der Waals surface area (Å²) in [4.78, 5) is 30.0. The average molecular weight is 628 g/mol. The fourth-order valence-electron chi connectivity index (χ4n) is 7.75. The summed E-state index contributed by atoms with van der Waals surface area (Å²) in [6, 6.07) is 13.8. The van der Waals surface area contributed by atoms with Gasteiger partial charge in [-0.2, -0.15) is 0 Å². The highest BCUT2D eigenvalue weighted by atomic mass is 16.7. The van der Waals surface area contributed by atoms with E-state index in [9.17, 15) is 14.7 Å². The first-order chi connectivity index (χ1) is 22.2. The van der Waals surface area contributed by atoms with Crippen LogP contribution in [0.4, 0.5) is 0 Å².